The molecule has 0 spiro atoms. The zero-order chi connectivity index (χ0) is 17.3. The molecule has 0 saturated carbocycles. The third-order valence-electron chi connectivity index (χ3n) is 5.00. The molecule has 1 fully saturated rings. The molecule has 0 aromatic carbocycles. The fourth-order valence-electron chi connectivity index (χ4n) is 3.75. The molecule has 1 aliphatic heterocycles. The third-order valence-corrected chi connectivity index (χ3v) is 5.00. The molecule has 0 aliphatic carbocycles. The van der Waals surface area contributed by atoms with E-state index >= 15 is 0 Å². The normalized spacial score (nSPS) is 18.2. The first-order chi connectivity index (χ1) is 11.5. The van der Waals surface area contributed by atoms with Crippen LogP contribution >= 0.6 is 0 Å². The molecular weight excluding hydrogens is 302 g/mol. The molecule has 2 aromatic heterocycles. The van der Waals surface area contributed by atoms with Crippen molar-refractivity contribution in [2.75, 3.05) is 6.54 Å². The van der Waals surface area contributed by atoms with Gasteiger partial charge in [0.05, 0.1) is 29.2 Å². The van der Waals surface area contributed by atoms with Crippen molar-refractivity contribution in [1.29, 1.82) is 0 Å². The molecule has 6 heteroatoms. The molecule has 0 unspecified atom stereocenters. The largest absolute Gasteiger partial charge is 0.330 e. The second-order valence-corrected chi connectivity index (χ2v) is 6.75. The highest BCUT2D eigenvalue weighted by Crippen LogP contribution is 2.33. The molecule has 1 saturated heterocycles. The number of aryl methyl sites for hydroxylation is 3. The van der Waals surface area contributed by atoms with Crippen molar-refractivity contribution in [3.8, 4) is 0 Å². The van der Waals surface area contributed by atoms with Crippen molar-refractivity contribution in [3.05, 3.63) is 34.4 Å². The first-order valence-electron chi connectivity index (χ1n) is 8.89. The number of hydrogen-bond donors (Lipinski definition) is 1. The Morgan fingerprint density at radius 1 is 1.33 bits per heavy atom. The number of amides is 1. The summed E-state index contributed by atoms with van der Waals surface area (Å²) in [6, 6.07) is 0.0853. The van der Waals surface area contributed by atoms with Crippen LogP contribution in [0.5, 0.6) is 0 Å². The molecule has 130 valence electrons. The standard InChI is InChI=1S/C18H27N5O/c1-5-9-23-14(4)16(13(3)21-23)18(24)22-10-7-6-8-15(22)17-12(2)11-19-20-17/h11,15H,5-10H2,1-4H3,(H,19,20)/t15-/m0/s1. The van der Waals surface area contributed by atoms with Gasteiger partial charge < -0.3 is 4.90 Å². The number of rotatable bonds is 4. The number of piperidine rings is 1. The van der Waals surface area contributed by atoms with E-state index in [2.05, 4.69) is 22.2 Å². The van der Waals surface area contributed by atoms with Gasteiger partial charge in [-0.1, -0.05) is 6.92 Å². The van der Waals surface area contributed by atoms with Crippen LogP contribution in [0.2, 0.25) is 0 Å². The molecule has 1 atom stereocenters. The lowest BCUT2D eigenvalue weighted by molar-refractivity contribution is 0.0603. The number of H-pyrrole nitrogens is 1. The Labute approximate surface area is 143 Å². The zero-order valence-corrected chi connectivity index (χ0v) is 15.1. The Morgan fingerprint density at radius 3 is 2.79 bits per heavy atom. The molecule has 1 N–H and O–H groups in total. The number of hydrogen-bond acceptors (Lipinski definition) is 3. The van der Waals surface area contributed by atoms with Gasteiger partial charge in [0.15, 0.2) is 0 Å². The van der Waals surface area contributed by atoms with Crippen molar-refractivity contribution in [3.63, 3.8) is 0 Å². The van der Waals surface area contributed by atoms with E-state index in [1.807, 2.05) is 36.5 Å². The number of aromatic amines is 1. The first-order valence-corrected chi connectivity index (χ1v) is 8.89. The van der Waals surface area contributed by atoms with Crippen molar-refractivity contribution < 1.29 is 4.79 Å². The topological polar surface area (TPSA) is 66.8 Å². The van der Waals surface area contributed by atoms with Crippen LogP contribution in [-0.2, 0) is 6.54 Å². The van der Waals surface area contributed by atoms with Crippen molar-refractivity contribution in [2.24, 2.45) is 0 Å². The molecule has 0 radical (unpaired) electrons. The Bertz CT molecular complexity index is 730. The van der Waals surface area contributed by atoms with Crippen molar-refractivity contribution in [1.82, 2.24) is 24.9 Å². The summed E-state index contributed by atoms with van der Waals surface area (Å²) in [5.74, 6) is 0.103. The summed E-state index contributed by atoms with van der Waals surface area (Å²) in [5.41, 5.74) is 4.77. The van der Waals surface area contributed by atoms with Gasteiger partial charge in [-0.3, -0.25) is 14.6 Å². The number of nitrogens with one attached hydrogen (secondary N) is 1. The van der Waals surface area contributed by atoms with Crippen molar-refractivity contribution in [2.45, 2.75) is 66.0 Å². The number of likely N-dealkylation sites (tertiary alicyclic amines) is 1. The lowest BCUT2D eigenvalue weighted by atomic mass is 9.96. The van der Waals surface area contributed by atoms with Gasteiger partial charge in [-0.2, -0.15) is 10.2 Å². The minimum atomic E-state index is 0.0853. The summed E-state index contributed by atoms with van der Waals surface area (Å²) in [7, 11) is 0. The zero-order valence-electron chi connectivity index (χ0n) is 15.1. The Hall–Kier alpha value is -2.11. The highest BCUT2D eigenvalue weighted by atomic mass is 16.2. The number of carbonyl (C=O) groups excluding carboxylic acids is 1. The molecule has 0 bridgehead atoms. The molecular formula is C18H27N5O. The second kappa shape index (κ2) is 6.79. The van der Waals surface area contributed by atoms with Gasteiger partial charge in [0.25, 0.3) is 5.91 Å². The van der Waals surface area contributed by atoms with Crippen molar-refractivity contribution >= 4 is 5.91 Å². The van der Waals surface area contributed by atoms with Crippen LogP contribution in [0.1, 0.15) is 71.7 Å². The van der Waals surface area contributed by atoms with E-state index in [9.17, 15) is 4.79 Å². The van der Waals surface area contributed by atoms with E-state index in [1.165, 1.54) is 0 Å². The quantitative estimate of drug-likeness (QED) is 0.936. The first kappa shape index (κ1) is 16.7. The van der Waals surface area contributed by atoms with Crippen LogP contribution < -0.4 is 0 Å². The predicted molar refractivity (Wildman–Crippen MR) is 92.9 cm³/mol. The van der Waals surface area contributed by atoms with Gasteiger partial charge in [-0.25, -0.2) is 0 Å². The molecule has 3 rings (SSSR count). The average molecular weight is 329 g/mol. The van der Waals surface area contributed by atoms with Crippen LogP contribution in [0, 0.1) is 20.8 Å². The van der Waals surface area contributed by atoms with E-state index in [4.69, 9.17) is 0 Å². The molecule has 24 heavy (non-hydrogen) atoms. The van der Waals surface area contributed by atoms with Crippen LogP contribution in [0.15, 0.2) is 6.20 Å². The Kier molecular flexibility index (Phi) is 4.73. The summed E-state index contributed by atoms with van der Waals surface area (Å²) >= 11 is 0. The highest BCUT2D eigenvalue weighted by Gasteiger charge is 2.33. The van der Waals surface area contributed by atoms with Gasteiger partial charge in [0.1, 0.15) is 0 Å². The van der Waals surface area contributed by atoms with Crippen LogP contribution in [-0.4, -0.2) is 37.3 Å². The monoisotopic (exact) mass is 329 g/mol. The van der Waals surface area contributed by atoms with E-state index in [-0.39, 0.29) is 11.9 Å². The number of carbonyl (C=O) groups is 1. The van der Waals surface area contributed by atoms with Crippen LogP contribution in [0.4, 0.5) is 0 Å². The van der Waals surface area contributed by atoms with Gasteiger partial charge in [0.2, 0.25) is 0 Å². The molecule has 1 amide bonds. The third kappa shape index (κ3) is 2.85. The van der Waals surface area contributed by atoms with E-state index in [0.717, 1.165) is 67.0 Å². The highest BCUT2D eigenvalue weighted by molar-refractivity contribution is 5.96. The molecule has 6 nitrogen and oxygen atoms in total. The van der Waals surface area contributed by atoms with Crippen LogP contribution in [0.25, 0.3) is 0 Å². The summed E-state index contributed by atoms with van der Waals surface area (Å²) in [6.45, 7) is 9.75. The van der Waals surface area contributed by atoms with Crippen LogP contribution in [0.3, 0.4) is 0 Å². The maximum absolute atomic E-state index is 13.3. The lowest BCUT2D eigenvalue weighted by Crippen LogP contribution is -2.39. The van der Waals surface area contributed by atoms with Gasteiger partial charge in [-0.15, -0.1) is 0 Å². The van der Waals surface area contributed by atoms with E-state index in [1.54, 1.807) is 0 Å². The maximum atomic E-state index is 13.3. The van der Waals surface area contributed by atoms with Gasteiger partial charge in [0, 0.05) is 18.8 Å². The van der Waals surface area contributed by atoms with E-state index < -0.39 is 0 Å². The fourth-order valence-corrected chi connectivity index (χ4v) is 3.75. The summed E-state index contributed by atoms with van der Waals surface area (Å²) in [5, 5.41) is 11.8. The summed E-state index contributed by atoms with van der Waals surface area (Å²) in [6.07, 6.45) is 6.02. The molecule has 1 aliphatic rings. The maximum Gasteiger partial charge on any atom is 0.258 e. The smallest absolute Gasteiger partial charge is 0.258 e. The minimum absolute atomic E-state index is 0.0853. The Morgan fingerprint density at radius 2 is 2.12 bits per heavy atom. The minimum Gasteiger partial charge on any atom is -0.330 e. The van der Waals surface area contributed by atoms with Gasteiger partial charge in [-0.05, 0) is 52.0 Å². The number of aromatic nitrogens is 4. The molecule has 3 heterocycles. The second-order valence-electron chi connectivity index (χ2n) is 6.75. The summed E-state index contributed by atoms with van der Waals surface area (Å²) < 4.78 is 1.96. The summed E-state index contributed by atoms with van der Waals surface area (Å²) in [4.78, 5) is 15.3. The SMILES string of the molecule is CCCn1nc(C)c(C(=O)N2CCCC[C@H]2c2[nH]ncc2C)c1C. The Balaban J connectivity index is 1.94. The average Bonchev–Trinajstić information content (AvgIpc) is 3.11. The van der Waals surface area contributed by atoms with Gasteiger partial charge >= 0.3 is 0 Å². The lowest BCUT2D eigenvalue weighted by Gasteiger charge is -2.35. The number of nitrogens with zero attached hydrogens (tertiary/aromatic N) is 4. The van der Waals surface area contributed by atoms with E-state index in [0.29, 0.717) is 0 Å². The molecule has 2 aromatic rings. The predicted octanol–water partition coefficient (Wildman–Crippen LogP) is 3.31. The fraction of sp³-hybridized carbons (Fsp3) is 0.611.